The van der Waals surface area contributed by atoms with Crippen LogP contribution in [0.4, 0.5) is 0 Å². The summed E-state index contributed by atoms with van der Waals surface area (Å²) < 4.78 is 5.15. The van der Waals surface area contributed by atoms with Crippen LogP contribution in [0.5, 0.6) is 5.75 Å². The van der Waals surface area contributed by atoms with E-state index in [-0.39, 0.29) is 12.5 Å². The van der Waals surface area contributed by atoms with Gasteiger partial charge >= 0.3 is 5.97 Å². The number of benzene rings is 1. The number of carbonyl (C=O) groups excluding carboxylic acids is 1. The molecule has 0 amide bonds. The molecule has 0 fully saturated rings. The molecule has 0 unspecified atom stereocenters. The van der Waals surface area contributed by atoms with Gasteiger partial charge in [0.05, 0.1) is 0 Å². The number of esters is 1. The second-order valence-electron chi connectivity index (χ2n) is 4.32. The Morgan fingerprint density at radius 3 is 2.79 bits per heavy atom. The SMILES string of the molecule is CCCCCc1cccc(OC(=O)CN=C(N)N)c1. The van der Waals surface area contributed by atoms with E-state index in [1.165, 1.54) is 18.4 Å². The molecule has 0 saturated carbocycles. The van der Waals surface area contributed by atoms with E-state index >= 15 is 0 Å². The summed E-state index contributed by atoms with van der Waals surface area (Å²) in [5.74, 6) is -0.0610. The van der Waals surface area contributed by atoms with Crippen LogP contribution < -0.4 is 16.2 Å². The van der Waals surface area contributed by atoms with Crippen LogP contribution in [0.1, 0.15) is 31.7 Å². The lowest BCUT2D eigenvalue weighted by Gasteiger charge is -2.05. The molecule has 5 nitrogen and oxygen atoms in total. The van der Waals surface area contributed by atoms with Gasteiger partial charge in [-0.3, -0.25) is 0 Å². The maximum Gasteiger partial charge on any atom is 0.333 e. The number of nitrogens with two attached hydrogens (primary N) is 2. The fraction of sp³-hybridized carbons (Fsp3) is 0.429. The first kappa shape index (κ1) is 15.0. The average Bonchev–Trinajstić information content (AvgIpc) is 2.37. The Balaban J connectivity index is 2.51. The highest BCUT2D eigenvalue weighted by Gasteiger charge is 2.04. The van der Waals surface area contributed by atoms with Crippen molar-refractivity contribution in [3.63, 3.8) is 0 Å². The third-order valence-corrected chi connectivity index (χ3v) is 2.59. The molecule has 0 saturated heterocycles. The fourth-order valence-corrected chi connectivity index (χ4v) is 1.66. The topological polar surface area (TPSA) is 90.7 Å². The highest BCUT2D eigenvalue weighted by Crippen LogP contribution is 2.15. The predicted octanol–water partition coefficient (Wildman–Crippen LogP) is 1.60. The third-order valence-electron chi connectivity index (χ3n) is 2.59. The molecular formula is C14H21N3O2. The molecule has 1 aromatic carbocycles. The van der Waals surface area contributed by atoms with E-state index in [1.54, 1.807) is 6.07 Å². The second-order valence-corrected chi connectivity index (χ2v) is 4.32. The number of rotatable bonds is 7. The van der Waals surface area contributed by atoms with E-state index in [1.807, 2.05) is 18.2 Å². The van der Waals surface area contributed by atoms with Gasteiger partial charge in [-0.05, 0) is 30.5 Å². The van der Waals surface area contributed by atoms with Crippen LogP contribution in [0.25, 0.3) is 0 Å². The molecular weight excluding hydrogens is 242 g/mol. The maximum atomic E-state index is 11.4. The molecule has 0 atom stereocenters. The minimum absolute atomic E-state index is 0.120. The molecule has 0 aliphatic heterocycles. The first-order chi connectivity index (χ1) is 9.11. The van der Waals surface area contributed by atoms with Gasteiger partial charge in [-0.1, -0.05) is 31.9 Å². The molecule has 1 rings (SSSR count). The van der Waals surface area contributed by atoms with E-state index in [0.717, 1.165) is 12.8 Å². The van der Waals surface area contributed by atoms with Gasteiger partial charge in [-0.25, -0.2) is 9.79 Å². The van der Waals surface area contributed by atoms with E-state index < -0.39 is 5.97 Å². The largest absolute Gasteiger partial charge is 0.425 e. The van der Waals surface area contributed by atoms with Crippen molar-refractivity contribution in [1.82, 2.24) is 0 Å². The maximum absolute atomic E-state index is 11.4. The Labute approximate surface area is 113 Å². The van der Waals surface area contributed by atoms with Crippen molar-refractivity contribution in [2.45, 2.75) is 32.6 Å². The summed E-state index contributed by atoms with van der Waals surface area (Å²) in [4.78, 5) is 15.0. The monoisotopic (exact) mass is 263 g/mol. The summed E-state index contributed by atoms with van der Waals surface area (Å²) in [6.07, 6.45) is 4.52. The third kappa shape index (κ3) is 6.45. The van der Waals surface area contributed by atoms with Crippen molar-refractivity contribution in [3.8, 4) is 5.75 Å². The molecule has 0 heterocycles. The average molecular weight is 263 g/mol. The summed E-state index contributed by atoms with van der Waals surface area (Å²) in [5.41, 5.74) is 11.5. The molecule has 0 aliphatic carbocycles. The Bertz CT molecular complexity index is 440. The number of ether oxygens (including phenoxy) is 1. The quantitative estimate of drug-likeness (QED) is 0.257. The Kier molecular flexibility index (Phi) is 6.43. The molecule has 0 bridgehead atoms. The van der Waals surface area contributed by atoms with Crippen LogP contribution in [0.15, 0.2) is 29.3 Å². The summed E-state index contributed by atoms with van der Waals surface area (Å²) in [7, 11) is 0. The van der Waals surface area contributed by atoms with Crippen molar-refractivity contribution >= 4 is 11.9 Å². The van der Waals surface area contributed by atoms with Crippen LogP contribution in [0.2, 0.25) is 0 Å². The molecule has 5 heteroatoms. The number of nitrogens with zero attached hydrogens (tertiary/aromatic N) is 1. The van der Waals surface area contributed by atoms with Crippen molar-refractivity contribution in [2.75, 3.05) is 6.54 Å². The first-order valence-electron chi connectivity index (χ1n) is 6.47. The minimum Gasteiger partial charge on any atom is -0.425 e. The van der Waals surface area contributed by atoms with Gasteiger partial charge in [0.1, 0.15) is 12.3 Å². The van der Waals surface area contributed by atoms with Gasteiger partial charge in [0.2, 0.25) is 0 Å². The predicted molar refractivity (Wildman–Crippen MR) is 76.0 cm³/mol. The summed E-state index contributed by atoms with van der Waals surface area (Å²) in [6, 6.07) is 7.54. The number of unbranched alkanes of at least 4 members (excludes halogenated alkanes) is 2. The number of hydrogen-bond acceptors (Lipinski definition) is 3. The molecule has 4 N–H and O–H groups in total. The zero-order chi connectivity index (χ0) is 14.1. The number of aryl methyl sites for hydroxylation is 1. The van der Waals surface area contributed by atoms with E-state index in [0.29, 0.717) is 5.75 Å². The van der Waals surface area contributed by atoms with Crippen LogP contribution >= 0.6 is 0 Å². The Morgan fingerprint density at radius 1 is 1.32 bits per heavy atom. The number of aliphatic imine (C=N–C) groups is 1. The van der Waals surface area contributed by atoms with Crippen molar-refractivity contribution in [3.05, 3.63) is 29.8 Å². The summed E-state index contributed by atoms with van der Waals surface area (Å²) in [5, 5.41) is 0. The molecule has 0 aliphatic rings. The Hall–Kier alpha value is -2.04. The molecule has 104 valence electrons. The fourth-order valence-electron chi connectivity index (χ4n) is 1.66. The normalized spacial score (nSPS) is 9.95. The molecule has 19 heavy (non-hydrogen) atoms. The zero-order valence-electron chi connectivity index (χ0n) is 11.3. The highest BCUT2D eigenvalue weighted by atomic mass is 16.5. The molecule has 0 spiro atoms. The minimum atomic E-state index is -0.473. The van der Waals surface area contributed by atoms with Crippen molar-refractivity contribution in [2.24, 2.45) is 16.5 Å². The van der Waals surface area contributed by atoms with Gasteiger partial charge in [-0.2, -0.15) is 0 Å². The standard InChI is InChI=1S/C14H21N3O2/c1-2-3-4-6-11-7-5-8-12(9-11)19-13(18)10-17-14(15)16/h5,7-9H,2-4,6,10H2,1H3,(H4,15,16,17). The number of guanidine groups is 1. The van der Waals surface area contributed by atoms with E-state index in [4.69, 9.17) is 16.2 Å². The molecule has 1 aromatic rings. The number of hydrogen-bond donors (Lipinski definition) is 2. The lowest BCUT2D eigenvalue weighted by Crippen LogP contribution is -2.25. The second kappa shape index (κ2) is 8.13. The van der Waals surface area contributed by atoms with Crippen molar-refractivity contribution in [1.29, 1.82) is 0 Å². The van der Waals surface area contributed by atoms with Gasteiger partial charge in [0.15, 0.2) is 5.96 Å². The van der Waals surface area contributed by atoms with Crippen LogP contribution in [-0.4, -0.2) is 18.5 Å². The summed E-state index contributed by atoms with van der Waals surface area (Å²) in [6.45, 7) is 2.00. The lowest BCUT2D eigenvalue weighted by atomic mass is 10.1. The van der Waals surface area contributed by atoms with Gasteiger partial charge in [0, 0.05) is 0 Å². The van der Waals surface area contributed by atoms with Crippen LogP contribution in [0.3, 0.4) is 0 Å². The lowest BCUT2D eigenvalue weighted by molar-refractivity contribution is -0.132. The Morgan fingerprint density at radius 2 is 2.11 bits per heavy atom. The van der Waals surface area contributed by atoms with Crippen LogP contribution in [-0.2, 0) is 11.2 Å². The molecule has 0 radical (unpaired) electrons. The smallest absolute Gasteiger partial charge is 0.333 e. The van der Waals surface area contributed by atoms with Gasteiger partial charge < -0.3 is 16.2 Å². The zero-order valence-corrected chi connectivity index (χ0v) is 11.3. The first-order valence-corrected chi connectivity index (χ1v) is 6.47. The van der Waals surface area contributed by atoms with Gasteiger partial charge in [0.25, 0.3) is 0 Å². The van der Waals surface area contributed by atoms with Crippen molar-refractivity contribution < 1.29 is 9.53 Å². The van der Waals surface area contributed by atoms with Gasteiger partial charge in [-0.15, -0.1) is 0 Å². The summed E-state index contributed by atoms with van der Waals surface area (Å²) >= 11 is 0. The molecule has 0 aromatic heterocycles. The van der Waals surface area contributed by atoms with E-state index in [2.05, 4.69) is 11.9 Å². The van der Waals surface area contributed by atoms with E-state index in [9.17, 15) is 4.79 Å². The number of carbonyl (C=O) groups is 1. The van der Waals surface area contributed by atoms with Crippen LogP contribution in [0, 0.1) is 0 Å². The highest BCUT2D eigenvalue weighted by molar-refractivity contribution is 5.81.